The second-order valence-corrected chi connectivity index (χ2v) is 9.32. The molecule has 0 bridgehead atoms. The van der Waals surface area contributed by atoms with Gasteiger partial charge in [0.05, 0.1) is 7.11 Å². The van der Waals surface area contributed by atoms with Gasteiger partial charge >= 0.3 is 12.1 Å². The molecule has 0 unspecified atom stereocenters. The molecule has 0 spiro atoms. The largest absolute Gasteiger partial charge is 0.508 e. The lowest BCUT2D eigenvalue weighted by Gasteiger charge is -2.44. The third-order valence-corrected chi connectivity index (χ3v) is 6.13. The molecule has 2 heterocycles. The number of aromatic nitrogens is 2. The Labute approximate surface area is 209 Å². The van der Waals surface area contributed by atoms with Crippen LogP contribution in [0.3, 0.4) is 0 Å². The number of aliphatic hydroxyl groups is 4. The van der Waals surface area contributed by atoms with E-state index in [-0.39, 0.29) is 18.3 Å². The molecule has 1 fully saturated rings. The summed E-state index contributed by atoms with van der Waals surface area (Å²) >= 11 is 3.21. The molecule has 13 heteroatoms. The first-order chi connectivity index (χ1) is 16.4. The molecule has 1 aromatic carbocycles. The zero-order valence-corrected chi connectivity index (χ0v) is 21.1. The zero-order valence-electron chi connectivity index (χ0n) is 19.5. The molecule has 1 aliphatic heterocycles. The number of methoxy groups -OCH3 is 1. The average molecular weight is 563 g/mol. The smallest absolute Gasteiger partial charge is 0.438 e. The number of carbonyl (C=O) groups is 1. The first-order valence-corrected chi connectivity index (χ1v) is 11.5. The third-order valence-electron chi connectivity index (χ3n) is 5.63. The Kier molecular flexibility index (Phi) is 8.40. The van der Waals surface area contributed by atoms with Gasteiger partial charge in [-0.1, -0.05) is 22.0 Å². The number of rotatable bonds is 7. The number of halogens is 2. The summed E-state index contributed by atoms with van der Waals surface area (Å²) in [5.41, 5.74) is 1.32. The van der Waals surface area contributed by atoms with Gasteiger partial charge < -0.3 is 39.4 Å². The minimum atomic E-state index is -2.89. The van der Waals surface area contributed by atoms with E-state index in [9.17, 15) is 29.6 Å². The van der Waals surface area contributed by atoms with Crippen molar-refractivity contribution in [2.75, 3.05) is 13.7 Å². The van der Waals surface area contributed by atoms with E-state index < -0.39 is 49.0 Å². The summed E-state index contributed by atoms with van der Waals surface area (Å²) < 4.78 is 36.7. The Morgan fingerprint density at radius 2 is 2.00 bits per heavy atom. The van der Waals surface area contributed by atoms with Gasteiger partial charge in [-0.15, -0.1) is 5.10 Å². The summed E-state index contributed by atoms with van der Waals surface area (Å²) in [5.74, 6) is -3.55. The van der Waals surface area contributed by atoms with E-state index in [2.05, 4.69) is 25.8 Å². The van der Waals surface area contributed by atoms with Crippen molar-refractivity contribution in [1.82, 2.24) is 9.78 Å². The minimum Gasteiger partial charge on any atom is -0.438 e. The standard InChI is InChI=1S/C22H28BrFN2O9/c1-10(2)26-11(3)14(7-12-5-6-13(23)8-15(12)24)20(25-26)35-22(31)19(29)18(28)17(27)16(34-22)9-33-21(30)32-4/h5-6,8,10,16-19,27-29,31H,7,9H2,1-4H3/t16-,17-,18+,19-,22+/m1/s1. The molecule has 0 radical (unpaired) electrons. The van der Waals surface area contributed by atoms with E-state index in [1.54, 1.807) is 23.7 Å². The van der Waals surface area contributed by atoms with Crippen LogP contribution in [0.25, 0.3) is 0 Å². The van der Waals surface area contributed by atoms with E-state index in [1.165, 1.54) is 6.07 Å². The van der Waals surface area contributed by atoms with Crippen molar-refractivity contribution in [3.8, 4) is 5.88 Å². The molecule has 0 saturated carbocycles. The highest BCUT2D eigenvalue weighted by molar-refractivity contribution is 9.10. The molecular weight excluding hydrogens is 535 g/mol. The maximum atomic E-state index is 14.6. The van der Waals surface area contributed by atoms with Crippen molar-refractivity contribution >= 4 is 22.1 Å². The first kappa shape index (κ1) is 27.3. The minimum absolute atomic E-state index is 0.0270. The number of benzene rings is 1. The van der Waals surface area contributed by atoms with Crippen molar-refractivity contribution in [2.45, 2.75) is 63.6 Å². The highest BCUT2D eigenvalue weighted by Gasteiger charge is 2.56. The topological polar surface area (TPSA) is 153 Å². The van der Waals surface area contributed by atoms with Crippen LogP contribution in [0, 0.1) is 12.7 Å². The fraction of sp³-hybridized carbons (Fsp3) is 0.545. The molecule has 0 aliphatic carbocycles. The second-order valence-electron chi connectivity index (χ2n) is 8.40. The lowest BCUT2D eigenvalue weighted by molar-refractivity contribution is -0.423. The molecule has 11 nitrogen and oxygen atoms in total. The highest BCUT2D eigenvalue weighted by atomic mass is 79.9. The summed E-state index contributed by atoms with van der Waals surface area (Å²) in [5, 5.41) is 46.4. The van der Waals surface area contributed by atoms with Crippen LogP contribution < -0.4 is 4.74 Å². The van der Waals surface area contributed by atoms with Crippen LogP contribution in [0.2, 0.25) is 0 Å². The van der Waals surface area contributed by atoms with Crippen molar-refractivity contribution < 1.29 is 48.6 Å². The molecule has 35 heavy (non-hydrogen) atoms. The number of aliphatic hydroxyl groups excluding tert-OH is 3. The summed E-state index contributed by atoms with van der Waals surface area (Å²) in [4.78, 5) is 11.3. The van der Waals surface area contributed by atoms with Gasteiger partial charge in [-0.25, -0.2) is 9.18 Å². The van der Waals surface area contributed by atoms with E-state index in [0.29, 0.717) is 21.3 Å². The maximum Gasteiger partial charge on any atom is 0.508 e. The van der Waals surface area contributed by atoms with Gasteiger partial charge in [0.2, 0.25) is 5.88 Å². The molecule has 4 N–H and O–H groups in total. The number of ether oxygens (including phenoxy) is 4. The number of nitrogens with zero attached hydrogens (tertiary/aromatic N) is 2. The summed E-state index contributed by atoms with van der Waals surface area (Å²) in [6.45, 7) is 4.82. The molecule has 0 amide bonds. The van der Waals surface area contributed by atoms with E-state index in [0.717, 1.165) is 7.11 Å². The number of carbonyl (C=O) groups excluding carboxylic acids is 1. The SMILES string of the molecule is COC(=O)OC[C@H]1O[C@](O)(Oc2nn(C(C)C)c(C)c2Cc2ccc(Br)cc2F)[C@H](O)[C@@H](O)[C@@H]1O. The summed E-state index contributed by atoms with van der Waals surface area (Å²) in [7, 11) is 1.07. The Bertz CT molecular complexity index is 1070. The lowest BCUT2D eigenvalue weighted by Crippen LogP contribution is -2.67. The monoisotopic (exact) mass is 562 g/mol. The molecule has 1 aromatic heterocycles. The molecule has 3 rings (SSSR count). The van der Waals surface area contributed by atoms with Gasteiger partial charge in [-0.2, -0.15) is 0 Å². The van der Waals surface area contributed by atoms with Crippen LogP contribution in [-0.2, 0) is 20.6 Å². The Hall–Kier alpha value is -2.29. The quantitative estimate of drug-likeness (QED) is 0.289. The van der Waals surface area contributed by atoms with Crippen molar-refractivity contribution in [2.24, 2.45) is 0 Å². The second kappa shape index (κ2) is 10.8. The Morgan fingerprint density at radius 3 is 2.60 bits per heavy atom. The van der Waals surface area contributed by atoms with Crippen LogP contribution in [0.4, 0.5) is 9.18 Å². The molecule has 1 aliphatic rings. The van der Waals surface area contributed by atoms with E-state index in [1.807, 2.05) is 13.8 Å². The van der Waals surface area contributed by atoms with Crippen LogP contribution in [-0.4, -0.2) is 80.5 Å². The van der Waals surface area contributed by atoms with Crippen LogP contribution in [0.15, 0.2) is 22.7 Å². The zero-order chi connectivity index (χ0) is 26.1. The molecule has 194 valence electrons. The summed E-state index contributed by atoms with van der Waals surface area (Å²) in [6, 6.07) is 4.42. The number of hydrogen-bond donors (Lipinski definition) is 4. The fourth-order valence-electron chi connectivity index (χ4n) is 3.71. The van der Waals surface area contributed by atoms with E-state index >= 15 is 0 Å². The summed E-state index contributed by atoms with van der Waals surface area (Å²) in [6.07, 6.45) is -8.34. The van der Waals surface area contributed by atoms with Gasteiger partial charge in [-0.05, 0) is 38.5 Å². The van der Waals surface area contributed by atoms with Gasteiger partial charge in [0.15, 0.2) is 6.10 Å². The normalized spacial score (nSPS) is 26.6. The first-order valence-electron chi connectivity index (χ1n) is 10.7. The predicted molar refractivity (Wildman–Crippen MR) is 121 cm³/mol. The third kappa shape index (κ3) is 5.76. The lowest BCUT2D eigenvalue weighted by atomic mass is 9.97. The Morgan fingerprint density at radius 1 is 1.31 bits per heavy atom. The van der Waals surface area contributed by atoms with Gasteiger partial charge in [-0.3, -0.25) is 4.68 Å². The van der Waals surface area contributed by atoms with Gasteiger partial charge in [0.1, 0.15) is 30.7 Å². The maximum absolute atomic E-state index is 14.6. The van der Waals surface area contributed by atoms with Crippen molar-refractivity contribution in [3.63, 3.8) is 0 Å². The molecule has 2 aromatic rings. The molecule has 1 saturated heterocycles. The van der Waals surface area contributed by atoms with Gasteiger partial charge in [0, 0.05) is 28.2 Å². The fourth-order valence-corrected chi connectivity index (χ4v) is 4.05. The Balaban J connectivity index is 1.95. The predicted octanol–water partition coefficient (Wildman–Crippen LogP) is 1.55. The van der Waals surface area contributed by atoms with Crippen molar-refractivity contribution in [1.29, 1.82) is 0 Å². The van der Waals surface area contributed by atoms with Crippen molar-refractivity contribution in [3.05, 3.63) is 45.3 Å². The van der Waals surface area contributed by atoms with Crippen LogP contribution in [0.5, 0.6) is 5.88 Å². The average Bonchev–Trinajstić information content (AvgIpc) is 3.10. The molecule has 5 atom stereocenters. The van der Waals surface area contributed by atoms with Crippen LogP contribution >= 0.6 is 15.9 Å². The van der Waals surface area contributed by atoms with E-state index in [4.69, 9.17) is 14.2 Å². The number of hydrogen-bond acceptors (Lipinski definition) is 10. The van der Waals surface area contributed by atoms with Gasteiger partial charge in [0.25, 0.3) is 0 Å². The highest BCUT2D eigenvalue weighted by Crippen LogP contribution is 2.35. The molecular formula is C22H28BrFN2O9. The van der Waals surface area contributed by atoms with Crippen LogP contribution in [0.1, 0.15) is 36.7 Å².